The summed E-state index contributed by atoms with van der Waals surface area (Å²) >= 11 is 5.38. The number of nitrogens with zero attached hydrogens (tertiary/aromatic N) is 2. The summed E-state index contributed by atoms with van der Waals surface area (Å²) in [4.78, 5) is 11.0. The fraction of sp³-hybridized carbons (Fsp3) is 0.0909. The van der Waals surface area contributed by atoms with E-state index >= 15 is 0 Å². The van der Waals surface area contributed by atoms with E-state index in [4.69, 9.17) is 11.6 Å². The van der Waals surface area contributed by atoms with Crippen molar-refractivity contribution in [2.45, 2.75) is 6.92 Å². The highest BCUT2D eigenvalue weighted by atomic mass is 35.5. The summed E-state index contributed by atoms with van der Waals surface area (Å²) in [5.41, 5.74) is 1.57. The predicted octanol–water partition coefficient (Wildman–Crippen LogP) is 2.70. The third-order valence-corrected chi connectivity index (χ3v) is 2.41. The number of aromatic nitrogens is 2. The third kappa shape index (κ3) is 1.97. The predicted molar refractivity (Wildman–Crippen MR) is 58.4 cm³/mol. The minimum Gasteiger partial charge on any atom is -0.275 e. The molecule has 0 saturated carbocycles. The molecule has 0 bridgehead atoms. The van der Waals surface area contributed by atoms with Crippen molar-refractivity contribution in [1.29, 1.82) is 0 Å². The van der Waals surface area contributed by atoms with E-state index in [9.17, 15) is 9.18 Å². The standard InChI is InChI=1S/C11H8ClFN2O/c1-7-10(11(12)16)6-15(14-7)9-4-2-8(13)3-5-9/h2-6H,1H3. The Hall–Kier alpha value is -1.68. The SMILES string of the molecule is Cc1nn(-c2ccc(F)cc2)cc1C(=O)Cl. The zero-order valence-corrected chi connectivity index (χ0v) is 9.20. The maximum atomic E-state index is 12.7. The van der Waals surface area contributed by atoms with Crippen LogP contribution in [0.2, 0.25) is 0 Å². The van der Waals surface area contributed by atoms with Gasteiger partial charge in [0, 0.05) is 6.20 Å². The number of aryl methyl sites for hydroxylation is 1. The van der Waals surface area contributed by atoms with E-state index in [2.05, 4.69) is 5.10 Å². The molecule has 5 heteroatoms. The van der Waals surface area contributed by atoms with Crippen LogP contribution in [0.5, 0.6) is 0 Å². The summed E-state index contributed by atoms with van der Waals surface area (Å²) in [5, 5.41) is 3.57. The number of halogens is 2. The summed E-state index contributed by atoms with van der Waals surface area (Å²) in [6, 6.07) is 5.80. The van der Waals surface area contributed by atoms with Crippen LogP contribution in [0.15, 0.2) is 30.5 Å². The molecule has 0 radical (unpaired) electrons. The van der Waals surface area contributed by atoms with Gasteiger partial charge in [-0.15, -0.1) is 0 Å². The highest BCUT2D eigenvalue weighted by Gasteiger charge is 2.11. The van der Waals surface area contributed by atoms with Crippen molar-refractivity contribution >= 4 is 16.8 Å². The van der Waals surface area contributed by atoms with E-state index in [0.717, 1.165) is 0 Å². The first-order valence-electron chi connectivity index (χ1n) is 4.60. The first kappa shape index (κ1) is 10.8. The number of carbonyl (C=O) groups excluding carboxylic acids is 1. The quantitative estimate of drug-likeness (QED) is 0.754. The zero-order chi connectivity index (χ0) is 11.7. The van der Waals surface area contributed by atoms with E-state index in [1.807, 2.05) is 0 Å². The van der Waals surface area contributed by atoms with E-state index in [-0.39, 0.29) is 5.82 Å². The first-order chi connectivity index (χ1) is 7.58. The molecule has 82 valence electrons. The van der Waals surface area contributed by atoms with E-state index in [0.29, 0.717) is 16.9 Å². The Morgan fingerprint density at radius 1 is 1.38 bits per heavy atom. The van der Waals surface area contributed by atoms with Crippen LogP contribution >= 0.6 is 11.6 Å². The maximum Gasteiger partial charge on any atom is 0.255 e. The van der Waals surface area contributed by atoms with Gasteiger partial charge in [0.15, 0.2) is 0 Å². The van der Waals surface area contributed by atoms with Gasteiger partial charge in [0.2, 0.25) is 0 Å². The average Bonchev–Trinajstić information content (AvgIpc) is 2.61. The largest absolute Gasteiger partial charge is 0.275 e. The van der Waals surface area contributed by atoms with Crippen molar-refractivity contribution in [2.75, 3.05) is 0 Å². The van der Waals surface area contributed by atoms with Crippen molar-refractivity contribution in [3.05, 3.63) is 47.5 Å². The van der Waals surface area contributed by atoms with Gasteiger partial charge >= 0.3 is 0 Å². The van der Waals surface area contributed by atoms with Crippen LogP contribution in [0.1, 0.15) is 16.1 Å². The summed E-state index contributed by atoms with van der Waals surface area (Å²) < 4.78 is 14.2. The molecule has 3 nitrogen and oxygen atoms in total. The van der Waals surface area contributed by atoms with Gasteiger partial charge in [-0.3, -0.25) is 4.79 Å². The average molecular weight is 239 g/mol. The lowest BCUT2D eigenvalue weighted by Crippen LogP contribution is -1.94. The molecule has 0 N–H and O–H groups in total. The third-order valence-electron chi connectivity index (χ3n) is 2.20. The Bertz CT molecular complexity index is 533. The summed E-state index contributed by atoms with van der Waals surface area (Å²) in [6.07, 6.45) is 1.53. The number of benzene rings is 1. The van der Waals surface area contributed by atoms with Gasteiger partial charge in [-0.25, -0.2) is 9.07 Å². The molecule has 0 aliphatic carbocycles. The second-order valence-corrected chi connectivity index (χ2v) is 3.67. The molecule has 0 aliphatic rings. The highest BCUT2D eigenvalue weighted by Crippen LogP contribution is 2.14. The Balaban J connectivity index is 2.45. The lowest BCUT2D eigenvalue weighted by atomic mass is 10.3. The van der Waals surface area contributed by atoms with Gasteiger partial charge in [0.1, 0.15) is 5.82 Å². The number of rotatable bonds is 2. The molecule has 2 rings (SSSR count). The van der Waals surface area contributed by atoms with Crippen LogP contribution in [0.25, 0.3) is 5.69 Å². The molecule has 0 unspecified atom stereocenters. The molecule has 0 fully saturated rings. The van der Waals surface area contributed by atoms with Gasteiger partial charge in [0.25, 0.3) is 5.24 Å². The molecule has 0 spiro atoms. The van der Waals surface area contributed by atoms with Crippen LogP contribution in [-0.4, -0.2) is 15.0 Å². The van der Waals surface area contributed by atoms with Crippen molar-refractivity contribution in [2.24, 2.45) is 0 Å². The number of carbonyl (C=O) groups is 1. The van der Waals surface area contributed by atoms with Crippen LogP contribution in [0.4, 0.5) is 4.39 Å². The van der Waals surface area contributed by atoms with Gasteiger partial charge < -0.3 is 0 Å². The van der Waals surface area contributed by atoms with Gasteiger partial charge in [-0.1, -0.05) is 0 Å². The van der Waals surface area contributed by atoms with Crippen LogP contribution < -0.4 is 0 Å². The molecule has 0 amide bonds. The van der Waals surface area contributed by atoms with Crippen molar-refractivity contribution in [3.8, 4) is 5.69 Å². The second-order valence-electron chi connectivity index (χ2n) is 3.32. The van der Waals surface area contributed by atoms with Crippen LogP contribution in [0, 0.1) is 12.7 Å². The lowest BCUT2D eigenvalue weighted by molar-refractivity contribution is 0.108. The fourth-order valence-electron chi connectivity index (χ4n) is 1.38. The molecular weight excluding hydrogens is 231 g/mol. The molecule has 1 aromatic carbocycles. The maximum absolute atomic E-state index is 12.7. The topological polar surface area (TPSA) is 34.9 Å². The Morgan fingerprint density at radius 2 is 2.00 bits per heavy atom. The molecule has 16 heavy (non-hydrogen) atoms. The monoisotopic (exact) mass is 238 g/mol. The molecule has 1 aromatic heterocycles. The lowest BCUT2D eigenvalue weighted by Gasteiger charge is -1.99. The summed E-state index contributed by atoms with van der Waals surface area (Å²) in [5.74, 6) is -0.318. The van der Waals surface area contributed by atoms with Gasteiger partial charge in [0.05, 0.1) is 16.9 Å². The number of hydrogen-bond donors (Lipinski definition) is 0. The van der Waals surface area contributed by atoms with Crippen molar-refractivity contribution in [3.63, 3.8) is 0 Å². The Labute approximate surface area is 96.5 Å². The van der Waals surface area contributed by atoms with E-state index in [1.54, 1.807) is 19.1 Å². The number of hydrogen-bond acceptors (Lipinski definition) is 2. The summed E-state index contributed by atoms with van der Waals surface area (Å²) in [7, 11) is 0. The van der Waals surface area contributed by atoms with Crippen LogP contribution in [0.3, 0.4) is 0 Å². The fourth-order valence-corrected chi connectivity index (χ4v) is 1.56. The second kappa shape index (κ2) is 4.06. The van der Waals surface area contributed by atoms with Crippen molar-refractivity contribution in [1.82, 2.24) is 9.78 Å². The summed E-state index contributed by atoms with van der Waals surface area (Å²) in [6.45, 7) is 1.69. The minimum absolute atomic E-state index is 0.318. The molecule has 2 aromatic rings. The first-order valence-corrected chi connectivity index (χ1v) is 4.98. The van der Waals surface area contributed by atoms with Gasteiger partial charge in [-0.05, 0) is 42.8 Å². The normalized spacial score (nSPS) is 10.4. The van der Waals surface area contributed by atoms with E-state index in [1.165, 1.54) is 23.0 Å². The zero-order valence-electron chi connectivity index (χ0n) is 8.45. The minimum atomic E-state index is -0.550. The molecule has 1 heterocycles. The molecular formula is C11H8ClFN2O. The molecule has 0 aliphatic heterocycles. The Kier molecular flexibility index (Phi) is 2.75. The smallest absolute Gasteiger partial charge is 0.255 e. The Morgan fingerprint density at radius 3 is 2.50 bits per heavy atom. The molecule has 0 saturated heterocycles. The highest BCUT2D eigenvalue weighted by molar-refractivity contribution is 6.67. The van der Waals surface area contributed by atoms with Crippen LogP contribution in [-0.2, 0) is 0 Å². The molecule has 0 atom stereocenters. The van der Waals surface area contributed by atoms with Gasteiger partial charge in [-0.2, -0.15) is 5.10 Å². The van der Waals surface area contributed by atoms with Crippen molar-refractivity contribution < 1.29 is 9.18 Å². The van der Waals surface area contributed by atoms with E-state index < -0.39 is 5.24 Å².